The second-order valence-corrected chi connectivity index (χ2v) is 6.64. The summed E-state index contributed by atoms with van der Waals surface area (Å²) in [5.41, 5.74) is 8.08. The molecule has 0 aromatic heterocycles. The fraction of sp³-hybridized carbons (Fsp3) is 0.647. The second-order valence-electron chi connectivity index (χ2n) is 6.64. The van der Waals surface area contributed by atoms with Gasteiger partial charge in [-0.3, -0.25) is 4.90 Å². The second kappa shape index (κ2) is 7.23. The standard InChI is InChI=1S/C17H28FN3/c1-13(2)12-20-6-8-21(9-7-20)17-5-4-16(18)11-15(17)10-14(3)19/h4-5,11,13-14H,6-10,12,19H2,1-3H3. The summed E-state index contributed by atoms with van der Waals surface area (Å²) in [7, 11) is 0. The van der Waals surface area contributed by atoms with Crippen molar-refractivity contribution >= 4 is 5.69 Å². The lowest BCUT2D eigenvalue weighted by atomic mass is 10.0. The SMILES string of the molecule is CC(C)CN1CCN(c2ccc(F)cc2CC(C)N)CC1. The van der Waals surface area contributed by atoms with Crippen LogP contribution in [0.15, 0.2) is 18.2 Å². The molecule has 0 saturated carbocycles. The van der Waals surface area contributed by atoms with Gasteiger partial charge in [0.25, 0.3) is 0 Å². The minimum atomic E-state index is -0.173. The molecular formula is C17H28FN3. The molecule has 1 aromatic carbocycles. The van der Waals surface area contributed by atoms with E-state index in [1.807, 2.05) is 13.0 Å². The number of anilines is 1. The van der Waals surface area contributed by atoms with Crippen LogP contribution in [0.5, 0.6) is 0 Å². The molecule has 4 heteroatoms. The first kappa shape index (κ1) is 16.2. The van der Waals surface area contributed by atoms with Gasteiger partial charge in [0, 0.05) is 44.5 Å². The zero-order valence-corrected chi connectivity index (χ0v) is 13.5. The predicted molar refractivity (Wildman–Crippen MR) is 87.2 cm³/mol. The van der Waals surface area contributed by atoms with Crippen LogP contribution in [0.3, 0.4) is 0 Å². The Bertz CT molecular complexity index is 451. The van der Waals surface area contributed by atoms with Crippen molar-refractivity contribution in [1.29, 1.82) is 0 Å². The molecule has 0 bridgehead atoms. The summed E-state index contributed by atoms with van der Waals surface area (Å²) in [6, 6.07) is 5.15. The number of hydrogen-bond acceptors (Lipinski definition) is 3. The molecule has 21 heavy (non-hydrogen) atoms. The summed E-state index contributed by atoms with van der Waals surface area (Å²) in [5, 5.41) is 0. The molecule has 2 N–H and O–H groups in total. The van der Waals surface area contributed by atoms with Crippen molar-refractivity contribution in [2.75, 3.05) is 37.6 Å². The molecule has 0 radical (unpaired) electrons. The van der Waals surface area contributed by atoms with Gasteiger partial charge in [-0.2, -0.15) is 0 Å². The van der Waals surface area contributed by atoms with Gasteiger partial charge in [0.2, 0.25) is 0 Å². The molecule has 1 aliphatic heterocycles. The van der Waals surface area contributed by atoms with Crippen molar-refractivity contribution < 1.29 is 4.39 Å². The molecule has 3 nitrogen and oxygen atoms in total. The molecule has 0 amide bonds. The Labute approximate surface area is 127 Å². The lowest BCUT2D eigenvalue weighted by Crippen LogP contribution is -2.47. The Kier molecular flexibility index (Phi) is 5.59. The molecule has 1 unspecified atom stereocenters. The van der Waals surface area contributed by atoms with Gasteiger partial charge in [-0.05, 0) is 43.0 Å². The van der Waals surface area contributed by atoms with Gasteiger partial charge in [-0.1, -0.05) is 13.8 Å². The Morgan fingerprint density at radius 1 is 1.14 bits per heavy atom. The first-order valence-corrected chi connectivity index (χ1v) is 7.97. The van der Waals surface area contributed by atoms with Gasteiger partial charge < -0.3 is 10.6 Å². The van der Waals surface area contributed by atoms with Crippen LogP contribution in [0.2, 0.25) is 0 Å². The van der Waals surface area contributed by atoms with Crippen LogP contribution in [0.25, 0.3) is 0 Å². The van der Waals surface area contributed by atoms with Gasteiger partial charge in [-0.25, -0.2) is 4.39 Å². The maximum atomic E-state index is 13.5. The first-order valence-electron chi connectivity index (χ1n) is 7.97. The zero-order chi connectivity index (χ0) is 15.4. The van der Waals surface area contributed by atoms with E-state index in [9.17, 15) is 4.39 Å². The van der Waals surface area contributed by atoms with E-state index in [1.165, 1.54) is 0 Å². The summed E-state index contributed by atoms with van der Waals surface area (Å²) >= 11 is 0. The number of rotatable bonds is 5. The van der Waals surface area contributed by atoms with Crippen molar-refractivity contribution in [3.8, 4) is 0 Å². The van der Waals surface area contributed by atoms with Crippen LogP contribution in [0.4, 0.5) is 10.1 Å². The van der Waals surface area contributed by atoms with Crippen LogP contribution in [-0.2, 0) is 6.42 Å². The zero-order valence-electron chi connectivity index (χ0n) is 13.5. The average molecular weight is 293 g/mol. The summed E-state index contributed by atoms with van der Waals surface area (Å²) in [4.78, 5) is 4.88. The molecule has 1 aromatic rings. The van der Waals surface area contributed by atoms with Gasteiger partial charge in [0.05, 0.1) is 0 Å². The molecule has 1 aliphatic rings. The first-order chi connectivity index (χ1) is 9.95. The summed E-state index contributed by atoms with van der Waals surface area (Å²) in [6.07, 6.45) is 0.722. The minimum absolute atomic E-state index is 0.0489. The predicted octanol–water partition coefficient (Wildman–Crippen LogP) is 2.49. The Morgan fingerprint density at radius 2 is 1.81 bits per heavy atom. The highest BCUT2D eigenvalue weighted by atomic mass is 19.1. The maximum absolute atomic E-state index is 13.5. The third-order valence-corrected chi connectivity index (χ3v) is 3.92. The van der Waals surface area contributed by atoms with Gasteiger partial charge in [0.1, 0.15) is 5.82 Å². The highest BCUT2D eigenvalue weighted by Crippen LogP contribution is 2.24. The van der Waals surface area contributed by atoms with Crippen LogP contribution in [0, 0.1) is 11.7 Å². The van der Waals surface area contributed by atoms with E-state index < -0.39 is 0 Å². The fourth-order valence-electron chi connectivity index (χ4n) is 3.06. The number of halogens is 1. The monoisotopic (exact) mass is 293 g/mol. The van der Waals surface area contributed by atoms with E-state index in [1.54, 1.807) is 12.1 Å². The normalized spacial score (nSPS) is 18.3. The number of benzene rings is 1. The topological polar surface area (TPSA) is 32.5 Å². The molecule has 1 fully saturated rings. The summed E-state index contributed by atoms with van der Waals surface area (Å²) in [6.45, 7) is 11.8. The van der Waals surface area contributed by atoms with Gasteiger partial charge >= 0.3 is 0 Å². The molecule has 1 saturated heterocycles. The highest BCUT2D eigenvalue weighted by Gasteiger charge is 2.20. The molecule has 0 aliphatic carbocycles. The van der Waals surface area contributed by atoms with E-state index in [0.29, 0.717) is 5.92 Å². The van der Waals surface area contributed by atoms with E-state index in [2.05, 4.69) is 23.6 Å². The van der Waals surface area contributed by atoms with Crippen molar-refractivity contribution in [2.24, 2.45) is 11.7 Å². The Hall–Kier alpha value is -1.13. The lowest BCUT2D eigenvalue weighted by Gasteiger charge is -2.37. The van der Waals surface area contributed by atoms with Gasteiger partial charge in [0.15, 0.2) is 0 Å². The smallest absolute Gasteiger partial charge is 0.123 e. The number of nitrogens with zero attached hydrogens (tertiary/aromatic N) is 2. The summed E-state index contributed by atoms with van der Waals surface area (Å²) < 4.78 is 13.5. The largest absolute Gasteiger partial charge is 0.369 e. The maximum Gasteiger partial charge on any atom is 0.123 e. The van der Waals surface area contributed by atoms with E-state index >= 15 is 0 Å². The van der Waals surface area contributed by atoms with Crippen molar-refractivity contribution in [3.05, 3.63) is 29.6 Å². The molecule has 118 valence electrons. The van der Waals surface area contributed by atoms with E-state index in [-0.39, 0.29) is 11.9 Å². The molecule has 1 atom stereocenters. The molecular weight excluding hydrogens is 265 g/mol. The third-order valence-electron chi connectivity index (χ3n) is 3.92. The molecule has 0 spiro atoms. The Morgan fingerprint density at radius 3 is 2.38 bits per heavy atom. The molecule has 2 rings (SSSR count). The van der Waals surface area contributed by atoms with Crippen LogP contribution < -0.4 is 10.6 Å². The number of piperazine rings is 1. The van der Waals surface area contributed by atoms with Crippen molar-refractivity contribution in [3.63, 3.8) is 0 Å². The average Bonchev–Trinajstić information content (AvgIpc) is 2.39. The quantitative estimate of drug-likeness (QED) is 0.905. The minimum Gasteiger partial charge on any atom is -0.369 e. The van der Waals surface area contributed by atoms with Crippen molar-refractivity contribution in [2.45, 2.75) is 33.2 Å². The van der Waals surface area contributed by atoms with Gasteiger partial charge in [-0.15, -0.1) is 0 Å². The molecule has 1 heterocycles. The third kappa shape index (κ3) is 4.68. The summed E-state index contributed by atoms with van der Waals surface area (Å²) in [5.74, 6) is 0.531. The van der Waals surface area contributed by atoms with Crippen molar-refractivity contribution in [1.82, 2.24) is 4.90 Å². The van der Waals surface area contributed by atoms with E-state index in [4.69, 9.17) is 5.73 Å². The van der Waals surface area contributed by atoms with E-state index in [0.717, 1.165) is 50.4 Å². The lowest BCUT2D eigenvalue weighted by molar-refractivity contribution is 0.231. The van der Waals surface area contributed by atoms with Crippen LogP contribution in [-0.4, -0.2) is 43.7 Å². The highest BCUT2D eigenvalue weighted by molar-refractivity contribution is 5.54. The van der Waals surface area contributed by atoms with Crippen LogP contribution in [0.1, 0.15) is 26.3 Å². The number of nitrogens with two attached hydrogens (primary N) is 1. The fourth-order valence-corrected chi connectivity index (χ4v) is 3.06. The number of hydrogen-bond donors (Lipinski definition) is 1. The van der Waals surface area contributed by atoms with Crippen LogP contribution >= 0.6 is 0 Å². The Balaban J connectivity index is 2.05.